The van der Waals surface area contributed by atoms with E-state index in [2.05, 4.69) is 0 Å². The van der Waals surface area contributed by atoms with Crippen molar-refractivity contribution >= 4 is 9.84 Å². The third kappa shape index (κ3) is 2.59. The van der Waals surface area contributed by atoms with Gasteiger partial charge in [0.05, 0.1) is 11.0 Å². The Morgan fingerprint density at radius 3 is 2.43 bits per heavy atom. The minimum absolute atomic E-state index is 0.0224. The van der Waals surface area contributed by atoms with Crippen LogP contribution in [-0.2, 0) is 16.3 Å². The van der Waals surface area contributed by atoms with Gasteiger partial charge in [0, 0.05) is 17.5 Å². The first-order valence-corrected chi connectivity index (χ1v) is 8.59. The molecule has 2 aliphatic carbocycles. The van der Waals surface area contributed by atoms with E-state index in [-0.39, 0.29) is 17.4 Å². The molecule has 0 aromatic heterocycles. The van der Waals surface area contributed by atoms with Crippen LogP contribution < -0.4 is 4.74 Å². The summed E-state index contributed by atoms with van der Waals surface area (Å²) in [5.74, 6) is -7.37. The first-order chi connectivity index (χ1) is 10.6. The summed E-state index contributed by atoms with van der Waals surface area (Å²) in [5.41, 5.74) is -0.886. The smallest absolute Gasteiger partial charge is 0.341 e. The summed E-state index contributed by atoms with van der Waals surface area (Å²) in [5, 5.41) is 9.75. The zero-order valence-corrected chi connectivity index (χ0v) is 12.6. The number of fused-ring (bicyclic) bond motifs is 1. The lowest BCUT2D eigenvalue weighted by Crippen LogP contribution is -2.25. The summed E-state index contributed by atoms with van der Waals surface area (Å²) >= 11 is 0. The first-order valence-electron chi connectivity index (χ1n) is 7.05. The number of rotatable bonds is 4. The van der Waals surface area contributed by atoms with Gasteiger partial charge in [0.1, 0.15) is 11.9 Å². The second-order valence-corrected chi connectivity index (χ2v) is 7.66. The van der Waals surface area contributed by atoms with E-state index in [1.807, 2.05) is 0 Å². The lowest BCUT2D eigenvalue weighted by atomic mass is 9.96. The van der Waals surface area contributed by atoms with Gasteiger partial charge in [0.2, 0.25) is 9.84 Å². The molecular weight excluding hydrogens is 340 g/mol. The molecule has 0 saturated heterocycles. The van der Waals surface area contributed by atoms with Gasteiger partial charge in [-0.15, -0.1) is 0 Å². The highest BCUT2D eigenvalue weighted by atomic mass is 32.2. The molecule has 1 atom stereocenters. The Balaban J connectivity index is 2.13. The molecular formula is C14H14F4O4S. The lowest BCUT2D eigenvalue weighted by molar-refractivity contribution is -0.0977. The van der Waals surface area contributed by atoms with E-state index in [1.165, 1.54) is 0 Å². The molecule has 0 amide bonds. The molecule has 1 saturated carbocycles. The topological polar surface area (TPSA) is 63.6 Å². The van der Waals surface area contributed by atoms with Crippen molar-refractivity contribution in [3.05, 3.63) is 23.3 Å². The predicted molar refractivity (Wildman–Crippen MR) is 71.5 cm³/mol. The number of alkyl halides is 4. The highest BCUT2D eigenvalue weighted by Crippen LogP contribution is 2.50. The molecule has 1 aromatic carbocycles. The largest absolute Gasteiger partial charge is 0.490 e. The van der Waals surface area contributed by atoms with E-state index in [0.29, 0.717) is 0 Å². The molecule has 128 valence electrons. The summed E-state index contributed by atoms with van der Waals surface area (Å²) in [6, 6.07) is 1.92. The van der Waals surface area contributed by atoms with Gasteiger partial charge in [-0.1, -0.05) is 0 Å². The minimum Gasteiger partial charge on any atom is -0.490 e. The van der Waals surface area contributed by atoms with Gasteiger partial charge in [-0.05, 0) is 31.4 Å². The van der Waals surface area contributed by atoms with E-state index < -0.39 is 44.5 Å². The number of hydrogen-bond acceptors (Lipinski definition) is 4. The highest BCUT2D eigenvalue weighted by molar-refractivity contribution is 7.91. The second-order valence-electron chi connectivity index (χ2n) is 5.77. The monoisotopic (exact) mass is 354 g/mol. The second kappa shape index (κ2) is 5.34. The fourth-order valence-corrected chi connectivity index (χ4v) is 3.76. The van der Waals surface area contributed by atoms with Crippen LogP contribution in [0.2, 0.25) is 0 Å². The molecule has 0 radical (unpaired) electrons. The average Bonchev–Trinajstić information content (AvgIpc) is 2.65. The number of ether oxygens (including phenoxy) is 1. The number of benzene rings is 1. The van der Waals surface area contributed by atoms with Gasteiger partial charge >= 0.3 is 5.76 Å². The Hall–Kier alpha value is -1.35. The van der Waals surface area contributed by atoms with Crippen LogP contribution in [0.25, 0.3) is 0 Å². The zero-order chi connectivity index (χ0) is 17.0. The van der Waals surface area contributed by atoms with E-state index in [1.54, 1.807) is 0 Å². The third-order valence-corrected chi connectivity index (χ3v) is 5.69. The maximum Gasteiger partial charge on any atom is 0.341 e. The van der Waals surface area contributed by atoms with Crippen LogP contribution in [-0.4, -0.2) is 31.3 Å². The van der Waals surface area contributed by atoms with Crippen molar-refractivity contribution in [1.29, 1.82) is 0 Å². The average molecular weight is 354 g/mol. The van der Waals surface area contributed by atoms with Crippen molar-refractivity contribution in [2.45, 2.75) is 54.5 Å². The van der Waals surface area contributed by atoms with Crippen molar-refractivity contribution in [3.63, 3.8) is 0 Å². The normalized spacial score (nSPS) is 23.7. The molecule has 0 heterocycles. The van der Waals surface area contributed by atoms with Crippen molar-refractivity contribution in [1.82, 2.24) is 0 Å². The maximum absolute atomic E-state index is 13.8. The van der Waals surface area contributed by atoms with Crippen LogP contribution in [0, 0.1) is 0 Å². The molecule has 23 heavy (non-hydrogen) atoms. The van der Waals surface area contributed by atoms with Gasteiger partial charge in [-0.2, -0.15) is 8.78 Å². The van der Waals surface area contributed by atoms with Crippen LogP contribution in [0.3, 0.4) is 0 Å². The summed E-state index contributed by atoms with van der Waals surface area (Å²) in [4.78, 5) is -0.965. The van der Waals surface area contributed by atoms with E-state index in [4.69, 9.17) is 4.74 Å². The molecule has 2 aliphatic rings. The van der Waals surface area contributed by atoms with Crippen LogP contribution in [0.1, 0.15) is 36.5 Å². The number of sulfone groups is 1. The quantitative estimate of drug-likeness (QED) is 0.845. The molecule has 1 fully saturated rings. The molecule has 1 aromatic rings. The summed E-state index contributed by atoms with van der Waals surface area (Å²) in [6.07, 6.45) is -1.15. The number of aliphatic hydroxyl groups is 1. The fraction of sp³-hybridized carbons (Fsp3) is 0.571. The zero-order valence-electron chi connectivity index (χ0n) is 11.8. The molecule has 0 spiro atoms. The Bertz CT molecular complexity index is 729. The molecule has 0 bridgehead atoms. The van der Waals surface area contributed by atoms with Gasteiger partial charge in [0.15, 0.2) is 0 Å². The SMILES string of the molecule is O=S(=O)(c1ccc(OC2CCC2)c2c1C(O)C(F)(F)C2)C(F)F. The van der Waals surface area contributed by atoms with Crippen molar-refractivity contribution in [2.24, 2.45) is 0 Å². The van der Waals surface area contributed by atoms with Crippen LogP contribution in [0.15, 0.2) is 17.0 Å². The van der Waals surface area contributed by atoms with Crippen molar-refractivity contribution < 1.29 is 35.8 Å². The van der Waals surface area contributed by atoms with E-state index in [0.717, 1.165) is 31.4 Å². The molecule has 9 heteroatoms. The number of hydrogen-bond donors (Lipinski definition) is 1. The highest BCUT2D eigenvalue weighted by Gasteiger charge is 2.51. The molecule has 1 unspecified atom stereocenters. The standard InChI is InChI=1S/C14H14F4O4S/c15-13(16)23(20,21)10-5-4-9(22-7-2-1-3-7)8-6-14(17,18)12(19)11(8)10/h4-5,7,12-13,19H,1-3,6H2. The third-order valence-electron chi connectivity index (χ3n) is 4.25. The molecule has 1 N–H and O–H groups in total. The van der Waals surface area contributed by atoms with E-state index in [9.17, 15) is 31.1 Å². The fourth-order valence-electron chi connectivity index (χ4n) is 2.77. The Morgan fingerprint density at radius 2 is 1.91 bits per heavy atom. The van der Waals surface area contributed by atoms with E-state index >= 15 is 0 Å². The molecule has 4 nitrogen and oxygen atoms in total. The molecule has 0 aliphatic heterocycles. The number of halogens is 4. The first kappa shape index (κ1) is 16.5. The van der Waals surface area contributed by atoms with Gasteiger partial charge in [-0.3, -0.25) is 0 Å². The lowest BCUT2D eigenvalue weighted by Gasteiger charge is -2.27. The predicted octanol–water partition coefficient (Wildman–Crippen LogP) is 2.84. The summed E-state index contributed by atoms with van der Waals surface area (Å²) in [7, 11) is -5.10. The van der Waals surface area contributed by atoms with Gasteiger partial charge < -0.3 is 9.84 Å². The Kier molecular flexibility index (Phi) is 3.83. The summed E-state index contributed by atoms with van der Waals surface area (Å²) < 4.78 is 82.1. The van der Waals surface area contributed by atoms with Crippen molar-refractivity contribution in [3.8, 4) is 5.75 Å². The summed E-state index contributed by atoms with van der Waals surface area (Å²) in [6.45, 7) is 0. The van der Waals surface area contributed by atoms with Gasteiger partial charge in [0.25, 0.3) is 5.92 Å². The van der Waals surface area contributed by atoms with Crippen LogP contribution in [0.5, 0.6) is 5.75 Å². The minimum atomic E-state index is -5.10. The Labute approximate surface area is 130 Å². The van der Waals surface area contributed by atoms with Crippen LogP contribution in [0.4, 0.5) is 17.6 Å². The number of aliphatic hydroxyl groups excluding tert-OH is 1. The van der Waals surface area contributed by atoms with Crippen molar-refractivity contribution in [2.75, 3.05) is 0 Å². The molecule has 3 rings (SSSR count). The van der Waals surface area contributed by atoms with Crippen LogP contribution >= 0.6 is 0 Å². The van der Waals surface area contributed by atoms with Gasteiger partial charge in [-0.25, -0.2) is 17.2 Å². The maximum atomic E-state index is 13.8. The Morgan fingerprint density at radius 1 is 1.26 bits per heavy atom.